The van der Waals surface area contributed by atoms with Gasteiger partial charge in [-0.3, -0.25) is 5.73 Å². The zero-order chi connectivity index (χ0) is 23.4. The highest BCUT2D eigenvalue weighted by Gasteiger charge is 2.20. The number of nitrogens with zero attached hydrogens (tertiary/aromatic N) is 3. The highest BCUT2D eigenvalue weighted by molar-refractivity contribution is 7.46. The van der Waals surface area contributed by atoms with Gasteiger partial charge in [0, 0.05) is 18.6 Å². The Morgan fingerprint density at radius 1 is 1.12 bits per heavy atom. The van der Waals surface area contributed by atoms with Crippen LogP contribution in [0.4, 0.5) is 10.2 Å². The molecule has 0 bridgehead atoms. The molecule has 3 heterocycles. The van der Waals surface area contributed by atoms with Gasteiger partial charge in [-0.05, 0) is 35.9 Å². The molecule has 0 saturated heterocycles. The molecule has 12 heteroatoms. The van der Waals surface area contributed by atoms with E-state index in [0.29, 0.717) is 29.2 Å². The smallest absolute Gasteiger partial charge is 0.439 e. The maximum Gasteiger partial charge on any atom is 0.472 e. The third-order valence-corrected chi connectivity index (χ3v) is 4.98. The number of halogens is 1. The number of hydrogen-bond acceptors (Lipinski definition) is 7. The van der Waals surface area contributed by atoms with Crippen LogP contribution in [-0.4, -0.2) is 19.9 Å². The first-order valence-electron chi connectivity index (χ1n) is 9.60. The van der Waals surface area contributed by atoms with E-state index in [4.69, 9.17) is 24.8 Å². The van der Waals surface area contributed by atoms with Crippen molar-refractivity contribution in [1.29, 1.82) is 0 Å². The summed E-state index contributed by atoms with van der Waals surface area (Å²) in [5.41, 5.74) is 8.17. The minimum absolute atomic E-state index is 0.160. The summed E-state index contributed by atoms with van der Waals surface area (Å²) in [6.07, 6.45) is 1.99. The van der Waals surface area contributed by atoms with Gasteiger partial charge < -0.3 is 19.0 Å². The van der Waals surface area contributed by atoms with E-state index in [2.05, 4.69) is 14.7 Å². The molecule has 0 atom stereocenters. The van der Waals surface area contributed by atoms with Crippen LogP contribution in [0.1, 0.15) is 11.3 Å². The second-order valence-corrected chi connectivity index (χ2v) is 8.17. The summed E-state index contributed by atoms with van der Waals surface area (Å²) >= 11 is 0. The van der Waals surface area contributed by atoms with Gasteiger partial charge in [-0.15, -0.1) is 0 Å². The summed E-state index contributed by atoms with van der Waals surface area (Å²) in [7, 11) is -4.64. The Labute approximate surface area is 187 Å². The van der Waals surface area contributed by atoms with Gasteiger partial charge in [-0.2, -0.15) is 9.37 Å². The summed E-state index contributed by atoms with van der Waals surface area (Å²) in [6, 6.07) is 16.5. The van der Waals surface area contributed by atoms with Crippen molar-refractivity contribution in [2.45, 2.75) is 13.2 Å². The lowest BCUT2D eigenvalue weighted by Gasteiger charge is -2.07. The fourth-order valence-corrected chi connectivity index (χ4v) is 3.27. The van der Waals surface area contributed by atoms with Crippen molar-refractivity contribution < 1.29 is 37.1 Å². The number of phosphoric acid groups is 1. The first-order chi connectivity index (χ1) is 15.8. The number of ether oxygens (including phenoxy) is 1. The standard InChI is InChI=1S/C21H18FN4O6P/c22-19-4-1-5-20(24-19)31-16-8-6-14(7-9-16)11-15-12-18(32-25-15)17-3-2-10-26(21(17)23)13-30-33(27,28)29/h1-10,12,23H,11,13H2,(H2,27,28,29)/p+1. The fraction of sp³-hybridized carbons (Fsp3) is 0.0952. The van der Waals surface area contributed by atoms with Gasteiger partial charge >= 0.3 is 7.82 Å². The molecular formula is C21H19FN4O6P+. The molecule has 3 aromatic heterocycles. The van der Waals surface area contributed by atoms with Crippen LogP contribution >= 0.6 is 7.82 Å². The Kier molecular flexibility index (Phi) is 6.47. The van der Waals surface area contributed by atoms with Gasteiger partial charge in [0.2, 0.25) is 18.6 Å². The molecule has 0 radical (unpaired) electrons. The van der Waals surface area contributed by atoms with E-state index in [0.717, 1.165) is 5.56 Å². The molecule has 4 rings (SSSR count). The average molecular weight is 473 g/mol. The highest BCUT2D eigenvalue weighted by atomic mass is 31.2. The Balaban J connectivity index is 1.44. The summed E-state index contributed by atoms with van der Waals surface area (Å²) in [6.45, 7) is -0.426. The Morgan fingerprint density at radius 2 is 1.91 bits per heavy atom. The van der Waals surface area contributed by atoms with Crippen LogP contribution in [0, 0.1) is 5.95 Å². The number of hydrogen-bond donors (Lipinski definition) is 3. The van der Waals surface area contributed by atoms with Crippen molar-refractivity contribution in [3.05, 3.63) is 84.1 Å². The lowest BCUT2D eigenvalue weighted by atomic mass is 10.1. The maximum absolute atomic E-state index is 13.2. The van der Waals surface area contributed by atoms with E-state index in [-0.39, 0.29) is 11.7 Å². The summed E-state index contributed by atoms with van der Waals surface area (Å²) < 4.78 is 40.9. The second-order valence-electron chi connectivity index (χ2n) is 6.93. The number of pyridine rings is 2. The second kappa shape index (κ2) is 9.47. The number of benzene rings is 1. The van der Waals surface area contributed by atoms with E-state index < -0.39 is 20.5 Å². The van der Waals surface area contributed by atoms with Crippen LogP contribution in [0.5, 0.6) is 11.6 Å². The minimum atomic E-state index is -4.64. The molecule has 0 fully saturated rings. The third-order valence-electron chi connectivity index (χ3n) is 4.52. The van der Waals surface area contributed by atoms with E-state index in [1.54, 1.807) is 36.4 Å². The molecule has 170 valence electrons. The van der Waals surface area contributed by atoms with E-state index in [1.165, 1.54) is 22.9 Å². The van der Waals surface area contributed by atoms with Gasteiger partial charge in [0.15, 0.2) is 5.76 Å². The quantitative estimate of drug-likeness (QED) is 0.200. The van der Waals surface area contributed by atoms with Gasteiger partial charge in [0.25, 0.3) is 5.82 Å². The van der Waals surface area contributed by atoms with Crippen LogP contribution in [0.15, 0.2) is 71.4 Å². The molecule has 4 N–H and O–H groups in total. The molecule has 0 aliphatic rings. The van der Waals surface area contributed by atoms with E-state index in [1.807, 2.05) is 12.1 Å². The van der Waals surface area contributed by atoms with Crippen molar-refractivity contribution in [1.82, 2.24) is 10.1 Å². The van der Waals surface area contributed by atoms with Crippen LogP contribution in [0.2, 0.25) is 0 Å². The van der Waals surface area contributed by atoms with Crippen LogP contribution in [0.25, 0.3) is 11.3 Å². The molecule has 1 aromatic carbocycles. The van der Waals surface area contributed by atoms with E-state index in [9.17, 15) is 8.96 Å². The van der Waals surface area contributed by atoms with Crippen molar-refractivity contribution in [2.75, 3.05) is 5.73 Å². The number of phosphoric ester groups is 1. The predicted molar refractivity (Wildman–Crippen MR) is 113 cm³/mol. The lowest BCUT2D eigenvalue weighted by Crippen LogP contribution is -2.38. The fourth-order valence-electron chi connectivity index (χ4n) is 3.00. The minimum Gasteiger partial charge on any atom is -0.439 e. The summed E-state index contributed by atoms with van der Waals surface area (Å²) in [4.78, 5) is 21.4. The molecule has 0 amide bonds. The first kappa shape index (κ1) is 22.6. The number of rotatable bonds is 8. The predicted octanol–water partition coefficient (Wildman–Crippen LogP) is 3.20. The van der Waals surface area contributed by atoms with Crippen LogP contribution < -0.4 is 15.0 Å². The molecule has 0 aliphatic heterocycles. The van der Waals surface area contributed by atoms with Gasteiger partial charge in [0.05, 0.1) is 11.9 Å². The van der Waals surface area contributed by atoms with Gasteiger partial charge in [-0.1, -0.05) is 23.4 Å². The number of nitrogens with two attached hydrogens (primary N) is 1. The third kappa shape index (κ3) is 5.99. The topological polar surface area (TPSA) is 145 Å². The first-order valence-corrected chi connectivity index (χ1v) is 11.1. The SMILES string of the molecule is Nc1c(-c2cc(Cc3ccc(Oc4cccc(F)n4)cc3)no2)ccc[n+]1COP(=O)(O)O. The normalized spacial score (nSPS) is 11.5. The molecule has 0 saturated carbocycles. The molecule has 0 spiro atoms. The number of aromatic nitrogens is 3. The number of nitrogen functional groups attached to an aromatic ring is 1. The van der Waals surface area contributed by atoms with Crippen molar-refractivity contribution >= 4 is 13.6 Å². The molecular weight excluding hydrogens is 454 g/mol. The Hall–Kier alpha value is -3.63. The van der Waals surface area contributed by atoms with Crippen LogP contribution in [0.3, 0.4) is 0 Å². The zero-order valence-corrected chi connectivity index (χ0v) is 17.9. The van der Waals surface area contributed by atoms with Crippen LogP contribution in [-0.2, 0) is 22.2 Å². The molecule has 33 heavy (non-hydrogen) atoms. The highest BCUT2D eigenvalue weighted by Crippen LogP contribution is 2.35. The van der Waals surface area contributed by atoms with Gasteiger partial charge in [-0.25, -0.2) is 13.7 Å². The van der Waals surface area contributed by atoms with Gasteiger partial charge in [0.1, 0.15) is 11.3 Å². The molecule has 4 aromatic rings. The van der Waals surface area contributed by atoms with Crippen molar-refractivity contribution in [3.63, 3.8) is 0 Å². The zero-order valence-electron chi connectivity index (χ0n) is 17.0. The van der Waals surface area contributed by atoms with Crippen molar-refractivity contribution in [3.8, 4) is 23.0 Å². The molecule has 10 nitrogen and oxygen atoms in total. The number of anilines is 1. The molecule has 0 aliphatic carbocycles. The summed E-state index contributed by atoms with van der Waals surface area (Å²) in [5, 5.41) is 4.07. The largest absolute Gasteiger partial charge is 0.472 e. The average Bonchev–Trinajstić information content (AvgIpc) is 3.22. The Morgan fingerprint density at radius 3 is 2.64 bits per heavy atom. The van der Waals surface area contributed by atoms with E-state index >= 15 is 0 Å². The molecule has 0 unspecified atom stereocenters. The Bertz CT molecular complexity index is 1310. The van der Waals surface area contributed by atoms with Crippen molar-refractivity contribution in [2.24, 2.45) is 0 Å². The monoisotopic (exact) mass is 473 g/mol. The summed E-state index contributed by atoms with van der Waals surface area (Å²) in [5.74, 6) is 0.640. The maximum atomic E-state index is 13.2. The lowest BCUT2D eigenvalue weighted by molar-refractivity contribution is -0.711.